The Hall–Kier alpha value is -2.78. The molecule has 0 unspecified atom stereocenters. The maximum atomic E-state index is 14.0. The second kappa shape index (κ2) is 12.4. The summed E-state index contributed by atoms with van der Waals surface area (Å²) in [5.74, 6) is -0.770. The standard InChI is InChI=1S/C31H41FN2O6/c1-39-23-9-7-19(8-10-23)24-12-13-34(30(36)21-5-3-20(4-6-21)25(33)17-32)29(24)26(35)15-18-2-11-27-22(14-18)16-28(40-27)31(37)38/h2,11,14,16,19-21,23-25,29H,3-10,12-13,15,17,33H2,1H3,(H,37,38)/t19?,20?,21?,23?,24-,25-,29-/m1/s1. The third-order valence-corrected chi connectivity index (χ3v) is 9.79. The monoisotopic (exact) mass is 556 g/mol. The van der Waals surface area contributed by atoms with Crippen LogP contribution in [0.4, 0.5) is 4.39 Å². The summed E-state index contributed by atoms with van der Waals surface area (Å²) in [6, 6.07) is 5.83. The molecular weight excluding hydrogens is 515 g/mol. The van der Waals surface area contributed by atoms with Crippen LogP contribution in [0.2, 0.25) is 0 Å². The molecule has 2 aromatic rings. The van der Waals surface area contributed by atoms with Gasteiger partial charge in [0.05, 0.1) is 12.1 Å². The zero-order valence-corrected chi connectivity index (χ0v) is 23.2. The van der Waals surface area contributed by atoms with Gasteiger partial charge < -0.3 is 24.9 Å². The van der Waals surface area contributed by atoms with Crippen LogP contribution in [0.1, 0.15) is 73.9 Å². The second-order valence-electron chi connectivity index (χ2n) is 12.1. The Bertz CT molecular complexity index is 1210. The van der Waals surface area contributed by atoms with Crippen molar-refractivity contribution in [2.45, 2.75) is 82.4 Å². The van der Waals surface area contributed by atoms with Crippen molar-refractivity contribution >= 4 is 28.6 Å². The van der Waals surface area contributed by atoms with Gasteiger partial charge in [-0.25, -0.2) is 9.18 Å². The van der Waals surface area contributed by atoms with Crippen molar-refractivity contribution in [2.24, 2.45) is 29.4 Å². The van der Waals surface area contributed by atoms with E-state index in [9.17, 15) is 23.9 Å². The minimum atomic E-state index is -1.14. The Balaban J connectivity index is 1.34. The van der Waals surface area contributed by atoms with Crippen molar-refractivity contribution in [3.05, 3.63) is 35.6 Å². The summed E-state index contributed by atoms with van der Waals surface area (Å²) in [6.45, 7) is 0.0397. The number of carbonyl (C=O) groups excluding carboxylic acids is 2. The highest BCUT2D eigenvalue weighted by molar-refractivity contribution is 5.94. The maximum Gasteiger partial charge on any atom is 0.371 e. The molecule has 1 saturated heterocycles. The number of aromatic carboxylic acids is 1. The zero-order chi connectivity index (χ0) is 28.4. The van der Waals surface area contributed by atoms with Crippen LogP contribution in [-0.2, 0) is 20.7 Å². The van der Waals surface area contributed by atoms with E-state index >= 15 is 0 Å². The van der Waals surface area contributed by atoms with Gasteiger partial charge in [-0.1, -0.05) is 6.07 Å². The third kappa shape index (κ3) is 5.96. The van der Waals surface area contributed by atoms with Crippen LogP contribution in [0.5, 0.6) is 0 Å². The van der Waals surface area contributed by atoms with E-state index in [1.165, 1.54) is 6.07 Å². The number of hydrogen-bond acceptors (Lipinski definition) is 6. The summed E-state index contributed by atoms with van der Waals surface area (Å²) in [7, 11) is 1.75. The summed E-state index contributed by atoms with van der Waals surface area (Å²) in [4.78, 5) is 41.1. The lowest BCUT2D eigenvalue weighted by atomic mass is 9.74. The van der Waals surface area contributed by atoms with Crippen molar-refractivity contribution < 1.29 is 33.0 Å². The molecule has 2 saturated carbocycles. The number of furan rings is 1. The number of fused-ring (bicyclic) bond motifs is 1. The predicted molar refractivity (Wildman–Crippen MR) is 148 cm³/mol. The first kappa shape index (κ1) is 28.7. The van der Waals surface area contributed by atoms with Crippen molar-refractivity contribution in [2.75, 3.05) is 20.3 Å². The molecular formula is C31H41FN2O6. The molecule has 8 nitrogen and oxygen atoms in total. The van der Waals surface area contributed by atoms with Crippen LogP contribution in [0.3, 0.4) is 0 Å². The number of carboxylic acids is 1. The van der Waals surface area contributed by atoms with Crippen LogP contribution in [-0.4, -0.2) is 66.2 Å². The number of halogens is 1. The van der Waals surface area contributed by atoms with Crippen molar-refractivity contribution in [3.8, 4) is 0 Å². The second-order valence-corrected chi connectivity index (χ2v) is 12.1. The highest BCUT2D eigenvalue weighted by atomic mass is 19.1. The largest absolute Gasteiger partial charge is 0.475 e. The molecule has 2 aliphatic carbocycles. The number of nitrogens with two attached hydrogens (primary N) is 1. The number of amides is 1. The number of nitrogens with zero attached hydrogens (tertiary/aromatic N) is 1. The number of rotatable bonds is 9. The molecule has 1 amide bonds. The van der Waals surface area contributed by atoms with Gasteiger partial charge in [0.2, 0.25) is 11.7 Å². The molecule has 3 N–H and O–H groups in total. The van der Waals surface area contributed by atoms with E-state index in [4.69, 9.17) is 14.9 Å². The molecule has 1 aromatic carbocycles. The van der Waals surface area contributed by atoms with E-state index in [-0.39, 0.29) is 47.7 Å². The fourth-order valence-electron chi connectivity index (χ4n) is 7.49. The first-order valence-electron chi connectivity index (χ1n) is 14.7. The van der Waals surface area contributed by atoms with Crippen LogP contribution >= 0.6 is 0 Å². The Morgan fingerprint density at radius 3 is 2.45 bits per heavy atom. The fourth-order valence-corrected chi connectivity index (χ4v) is 7.49. The summed E-state index contributed by atoms with van der Waals surface area (Å²) in [6.07, 6.45) is 7.98. The van der Waals surface area contributed by atoms with Gasteiger partial charge in [-0.15, -0.1) is 0 Å². The number of carbonyl (C=O) groups is 3. The number of carboxylic acid groups (broad SMARTS) is 1. The number of hydrogen-bond donors (Lipinski definition) is 2. The first-order valence-corrected chi connectivity index (χ1v) is 14.7. The Morgan fingerprint density at radius 2 is 1.80 bits per heavy atom. The third-order valence-electron chi connectivity index (χ3n) is 9.79. The first-order chi connectivity index (χ1) is 19.3. The van der Waals surface area contributed by atoms with Gasteiger partial charge in [-0.2, -0.15) is 0 Å². The van der Waals surface area contributed by atoms with E-state index in [1.54, 1.807) is 25.3 Å². The van der Waals surface area contributed by atoms with Gasteiger partial charge in [0.25, 0.3) is 0 Å². The van der Waals surface area contributed by atoms with Gasteiger partial charge >= 0.3 is 5.97 Å². The minimum absolute atomic E-state index is 0.0270. The van der Waals surface area contributed by atoms with Crippen molar-refractivity contribution in [1.29, 1.82) is 0 Å². The van der Waals surface area contributed by atoms with E-state index in [1.807, 2.05) is 4.90 Å². The maximum absolute atomic E-state index is 14.0. The molecule has 3 aliphatic rings. The summed E-state index contributed by atoms with van der Waals surface area (Å²) < 4.78 is 24.0. The number of ketones is 1. The van der Waals surface area contributed by atoms with Crippen LogP contribution < -0.4 is 5.73 Å². The number of benzene rings is 1. The molecule has 1 aliphatic heterocycles. The molecule has 1 aromatic heterocycles. The Labute approximate surface area is 234 Å². The molecule has 0 spiro atoms. The predicted octanol–water partition coefficient (Wildman–Crippen LogP) is 4.77. The average Bonchev–Trinajstić information content (AvgIpc) is 3.61. The van der Waals surface area contributed by atoms with E-state index < -0.39 is 24.7 Å². The lowest BCUT2D eigenvalue weighted by Crippen LogP contribution is -2.48. The molecule has 9 heteroatoms. The fraction of sp³-hybridized carbons (Fsp3) is 0.645. The molecule has 3 fully saturated rings. The van der Waals surface area contributed by atoms with Crippen LogP contribution in [0, 0.1) is 23.7 Å². The molecule has 40 heavy (non-hydrogen) atoms. The van der Waals surface area contributed by atoms with E-state index in [0.29, 0.717) is 36.3 Å². The van der Waals surface area contributed by atoms with Crippen LogP contribution in [0.15, 0.2) is 28.7 Å². The smallest absolute Gasteiger partial charge is 0.371 e. The van der Waals surface area contributed by atoms with Gasteiger partial charge in [0.15, 0.2) is 5.78 Å². The SMILES string of the molecule is COC1CCC([C@H]2CCN(C(=O)C3CCC([C@H](N)CF)CC3)[C@H]2C(=O)Cc2ccc3oc(C(=O)O)cc3c2)CC1. The summed E-state index contributed by atoms with van der Waals surface area (Å²) in [5.41, 5.74) is 7.17. The normalized spacial score (nSPS) is 29.9. The van der Waals surface area contributed by atoms with E-state index in [2.05, 4.69) is 0 Å². The number of ether oxygens (including phenoxy) is 1. The lowest BCUT2D eigenvalue weighted by Gasteiger charge is -2.37. The zero-order valence-electron chi connectivity index (χ0n) is 23.2. The Kier molecular flexibility index (Phi) is 8.90. The summed E-state index contributed by atoms with van der Waals surface area (Å²) in [5, 5.41) is 9.89. The number of alkyl halides is 1. The molecule has 0 radical (unpaired) electrons. The molecule has 3 atom stereocenters. The Morgan fingerprint density at radius 1 is 1.07 bits per heavy atom. The minimum Gasteiger partial charge on any atom is -0.475 e. The van der Waals surface area contributed by atoms with Gasteiger partial charge in [0, 0.05) is 37.4 Å². The molecule has 2 heterocycles. The summed E-state index contributed by atoms with van der Waals surface area (Å²) >= 11 is 0. The highest BCUT2D eigenvalue weighted by Crippen LogP contribution is 2.42. The van der Waals surface area contributed by atoms with Gasteiger partial charge in [-0.05, 0) is 99.3 Å². The van der Waals surface area contributed by atoms with Gasteiger partial charge in [0.1, 0.15) is 12.3 Å². The van der Waals surface area contributed by atoms with Crippen molar-refractivity contribution in [3.63, 3.8) is 0 Å². The topological polar surface area (TPSA) is 123 Å². The number of methoxy groups -OCH3 is 1. The number of Topliss-reactive ketones (excluding diaryl/α,β-unsaturated/α-hetero) is 1. The molecule has 218 valence electrons. The van der Waals surface area contributed by atoms with Crippen LogP contribution in [0.25, 0.3) is 11.0 Å². The van der Waals surface area contributed by atoms with Crippen molar-refractivity contribution in [1.82, 2.24) is 4.90 Å². The lowest BCUT2D eigenvalue weighted by molar-refractivity contribution is -0.143. The quantitative estimate of drug-likeness (QED) is 0.456. The number of likely N-dealkylation sites (tertiary alicyclic amines) is 1. The molecule has 5 rings (SSSR count). The molecule has 0 bridgehead atoms. The highest BCUT2D eigenvalue weighted by Gasteiger charge is 2.47. The van der Waals surface area contributed by atoms with Gasteiger partial charge in [-0.3, -0.25) is 9.59 Å². The van der Waals surface area contributed by atoms with E-state index in [0.717, 1.165) is 50.5 Å². The average molecular weight is 557 g/mol.